The molecule has 1 unspecified atom stereocenters. The van der Waals surface area contributed by atoms with E-state index in [0.29, 0.717) is 23.0 Å². The van der Waals surface area contributed by atoms with Gasteiger partial charge in [0, 0.05) is 13.0 Å². The van der Waals surface area contributed by atoms with E-state index < -0.39 is 6.23 Å². The zero-order valence-corrected chi connectivity index (χ0v) is 15.7. The molecule has 2 heterocycles. The number of hydrogen-bond acceptors (Lipinski definition) is 7. The number of aromatic nitrogens is 3. The summed E-state index contributed by atoms with van der Waals surface area (Å²) >= 11 is 0. The average Bonchev–Trinajstić information content (AvgIpc) is 3.32. The van der Waals surface area contributed by atoms with E-state index in [1.807, 2.05) is 24.3 Å². The Morgan fingerprint density at radius 2 is 2.00 bits per heavy atom. The van der Waals surface area contributed by atoms with Gasteiger partial charge in [-0.1, -0.05) is 17.3 Å². The molecule has 9 heteroatoms. The third kappa shape index (κ3) is 3.11. The minimum atomic E-state index is -0.649. The number of methoxy groups -OCH3 is 2. The lowest BCUT2D eigenvalue weighted by molar-refractivity contribution is -0.135. The number of amides is 1. The van der Waals surface area contributed by atoms with Gasteiger partial charge in [0.25, 0.3) is 0 Å². The molecule has 144 valence electrons. The lowest BCUT2D eigenvalue weighted by atomic mass is 10.2. The second-order valence-corrected chi connectivity index (χ2v) is 6.17. The molecule has 0 fully saturated rings. The van der Waals surface area contributed by atoms with E-state index in [1.165, 1.54) is 11.9 Å². The van der Waals surface area contributed by atoms with E-state index in [2.05, 4.69) is 15.4 Å². The smallest absolute Gasteiger partial charge is 0.244 e. The van der Waals surface area contributed by atoms with Crippen molar-refractivity contribution in [1.82, 2.24) is 20.0 Å². The molecule has 0 spiro atoms. The summed E-state index contributed by atoms with van der Waals surface area (Å²) in [4.78, 5) is 12.1. The molecule has 4 rings (SSSR count). The van der Waals surface area contributed by atoms with Crippen LogP contribution in [0.15, 0.2) is 47.6 Å². The minimum absolute atomic E-state index is 0.239. The molecular formula is C19H19N5O4. The van der Waals surface area contributed by atoms with Crippen LogP contribution in [0.2, 0.25) is 0 Å². The molecule has 1 aromatic heterocycles. The van der Waals surface area contributed by atoms with Crippen LogP contribution < -0.4 is 9.47 Å². The molecule has 1 amide bonds. The van der Waals surface area contributed by atoms with Crippen LogP contribution in [-0.2, 0) is 16.1 Å². The molecule has 0 radical (unpaired) electrons. The molecule has 3 aromatic rings. The van der Waals surface area contributed by atoms with Gasteiger partial charge in [0.2, 0.25) is 18.0 Å². The zero-order valence-electron chi connectivity index (χ0n) is 15.7. The van der Waals surface area contributed by atoms with Crippen molar-refractivity contribution < 1.29 is 19.0 Å². The maximum Gasteiger partial charge on any atom is 0.244 e. The van der Waals surface area contributed by atoms with E-state index in [0.717, 1.165) is 11.0 Å². The van der Waals surface area contributed by atoms with Crippen molar-refractivity contribution in [3.63, 3.8) is 0 Å². The summed E-state index contributed by atoms with van der Waals surface area (Å²) in [5.41, 5.74) is 2.25. The third-order valence-electron chi connectivity index (χ3n) is 4.43. The van der Waals surface area contributed by atoms with E-state index in [4.69, 9.17) is 14.2 Å². The number of ether oxygens (including phenoxy) is 3. The van der Waals surface area contributed by atoms with Crippen LogP contribution >= 0.6 is 0 Å². The van der Waals surface area contributed by atoms with Crippen molar-refractivity contribution in [2.45, 2.75) is 19.7 Å². The van der Waals surface area contributed by atoms with Gasteiger partial charge in [0.15, 0.2) is 0 Å². The van der Waals surface area contributed by atoms with Gasteiger partial charge in [-0.15, -0.1) is 10.2 Å². The number of fused-ring (bicyclic) bond motifs is 1. The fourth-order valence-corrected chi connectivity index (χ4v) is 3.05. The highest BCUT2D eigenvalue weighted by Crippen LogP contribution is 2.29. The van der Waals surface area contributed by atoms with Gasteiger partial charge in [-0.25, -0.2) is 4.68 Å². The molecule has 1 aliphatic heterocycles. The van der Waals surface area contributed by atoms with Gasteiger partial charge in [0.05, 0.1) is 25.3 Å². The number of nitrogens with zero attached hydrogens (tertiary/aromatic N) is 5. The average molecular weight is 381 g/mol. The van der Waals surface area contributed by atoms with E-state index in [9.17, 15) is 4.79 Å². The fourth-order valence-electron chi connectivity index (χ4n) is 3.05. The van der Waals surface area contributed by atoms with Gasteiger partial charge in [-0.05, 0) is 24.3 Å². The first-order valence-electron chi connectivity index (χ1n) is 8.66. The number of carbonyl (C=O) groups is 1. The van der Waals surface area contributed by atoms with Crippen LogP contribution in [-0.4, -0.2) is 52.3 Å². The maximum atomic E-state index is 12.1. The van der Waals surface area contributed by atoms with Gasteiger partial charge in [-0.2, -0.15) is 5.01 Å². The van der Waals surface area contributed by atoms with Crippen LogP contribution in [0, 0.1) is 0 Å². The van der Waals surface area contributed by atoms with Crippen LogP contribution in [0.25, 0.3) is 11.0 Å². The van der Waals surface area contributed by atoms with Crippen molar-refractivity contribution in [1.29, 1.82) is 0 Å². The van der Waals surface area contributed by atoms with E-state index >= 15 is 0 Å². The molecule has 9 nitrogen and oxygen atoms in total. The Kier molecular flexibility index (Phi) is 4.56. The first-order valence-corrected chi connectivity index (χ1v) is 8.66. The Labute approximate surface area is 161 Å². The second-order valence-electron chi connectivity index (χ2n) is 6.17. The second kappa shape index (κ2) is 7.18. The van der Waals surface area contributed by atoms with Gasteiger partial charge < -0.3 is 14.2 Å². The summed E-state index contributed by atoms with van der Waals surface area (Å²) in [6, 6.07) is 12.9. The highest BCUT2D eigenvalue weighted by atomic mass is 16.5. The number of hydrazone groups is 1. The van der Waals surface area contributed by atoms with Gasteiger partial charge in [0.1, 0.15) is 23.6 Å². The molecule has 0 bridgehead atoms. The summed E-state index contributed by atoms with van der Waals surface area (Å²) in [6.45, 7) is 1.72. The van der Waals surface area contributed by atoms with Crippen molar-refractivity contribution in [3.05, 3.63) is 48.0 Å². The minimum Gasteiger partial charge on any atom is -0.497 e. The number of hydrogen-bond donors (Lipinski definition) is 0. The van der Waals surface area contributed by atoms with Gasteiger partial charge >= 0.3 is 0 Å². The number of benzene rings is 2. The molecule has 0 saturated carbocycles. The van der Waals surface area contributed by atoms with Crippen LogP contribution in [0.5, 0.6) is 11.5 Å². The molecule has 0 N–H and O–H groups in total. The Bertz CT molecular complexity index is 1060. The summed E-state index contributed by atoms with van der Waals surface area (Å²) < 4.78 is 18.3. The molecule has 0 saturated heterocycles. The Morgan fingerprint density at radius 1 is 1.18 bits per heavy atom. The maximum absolute atomic E-state index is 12.1. The third-order valence-corrected chi connectivity index (χ3v) is 4.43. The van der Waals surface area contributed by atoms with Crippen LogP contribution in [0.3, 0.4) is 0 Å². The van der Waals surface area contributed by atoms with Crippen molar-refractivity contribution in [2.24, 2.45) is 5.10 Å². The Balaban J connectivity index is 1.64. The SMILES string of the molecule is COc1ccc(C2=NN(C(C)=O)C(Cn3nnc4ccccc43)O2)c(OC)c1. The highest BCUT2D eigenvalue weighted by molar-refractivity contribution is 5.98. The monoisotopic (exact) mass is 381 g/mol. The largest absolute Gasteiger partial charge is 0.497 e. The standard InChI is InChI=1S/C19H19N5O4/c1-12(25)24-18(11-23-16-7-5-4-6-15(16)20-22-23)28-19(21-24)14-9-8-13(26-2)10-17(14)27-3/h4-10,18H,11H2,1-3H3. The predicted octanol–water partition coefficient (Wildman–Crippen LogP) is 2.02. The Hall–Kier alpha value is -3.62. The first-order chi connectivity index (χ1) is 13.6. The summed E-state index contributed by atoms with van der Waals surface area (Å²) in [5, 5.41) is 14.0. The topological polar surface area (TPSA) is 91.1 Å². The van der Waals surface area contributed by atoms with Gasteiger partial charge in [-0.3, -0.25) is 4.79 Å². The molecule has 1 aliphatic rings. The van der Waals surface area contributed by atoms with Crippen LogP contribution in [0.1, 0.15) is 12.5 Å². The number of carbonyl (C=O) groups excluding carboxylic acids is 1. The van der Waals surface area contributed by atoms with Crippen molar-refractivity contribution >= 4 is 22.8 Å². The van der Waals surface area contributed by atoms with Crippen LogP contribution in [0.4, 0.5) is 0 Å². The zero-order chi connectivity index (χ0) is 19.7. The lowest BCUT2D eigenvalue weighted by Crippen LogP contribution is -2.35. The lowest BCUT2D eigenvalue weighted by Gasteiger charge is -2.19. The fraction of sp³-hybridized carbons (Fsp3) is 0.263. The molecule has 0 aliphatic carbocycles. The highest BCUT2D eigenvalue weighted by Gasteiger charge is 2.34. The molecule has 28 heavy (non-hydrogen) atoms. The molecule has 2 aromatic carbocycles. The predicted molar refractivity (Wildman–Crippen MR) is 101 cm³/mol. The van der Waals surface area contributed by atoms with Crippen molar-refractivity contribution in [2.75, 3.05) is 14.2 Å². The first kappa shape index (κ1) is 17.8. The Morgan fingerprint density at radius 3 is 2.75 bits per heavy atom. The summed E-state index contributed by atoms with van der Waals surface area (Å²) in [5.74, 6) is 1.24. The normalized spacial score (nSPS) is 16.0. The number of para-hydroxylation sites is 1. The number of rotatable bonds is 5. The summed E-state index contributed by atoms with van der Waals surface area (Å²) in [6.07, 6.45) is -0.649. The molecule has 1 atom stereocenters. The van der Waals surface area contributed by atoms with E-state index in [1.54, 1.807) is 37.1 Å². The van der Waals surface area contributed by atoms with E-state index in [-0.39, 0.29) is 12.5 Å². The molecular weight excluding hydrogens is 362 g/mol. The van der Waals surface area contributed by atoms with Crippen molar-refractivity contribution in [3.8, 4) is 11.5 Å². The summed E-state index contributed by atoms with van der Waals surface area (Å²) in [7, 11) is 3.13. The quantitative estimate of drug-likeness (QED) is 0.671.